The van der Waals surface area contributed by atoms with E-state index in [9.17, 15) is 8.42 Å². The Labute approximate surface area is 161 Å². The van der Waals surface area contributed by atoms with Crippen LogP contribution in [0.4, 0.5) is 0 Å². The van der Waals surface area contributed by atoms with Crippen molar-refractivity contribution in [2.24, 2.45) is 0 Å². The van der Waals surface area contributed by atoms with Crippen LogP contribution in [0.2, 0.25) is 0 Å². The van der Waals surface area contributed by atoms with Gasteiger partial charge < -0.3 is 0 Å². The minimum absolute atomic E-state index is 0.107. The van der Waals surface area contributed by atoms with Gasteiger partial charge in [-0.15, -0.1) is 0 Å². The first kappa shape index (κ1) is 17.8. The topological polar surface area (TPSA) is 76.4 Å². The van der Waals surface area contributed by atoms with E-state index in [2.05, 4.69) is 9.82 Å². The molecule has 0 aliphatic rings. The molecule has 0 radical (unpaired) electrons. The first-order valence-corrected chi connectivity index (χ1v) is 10.9. The van der Waals surface area contributed by atoms with Crippen LogP contribution in [0.1, 0.15) is 17.6 Å². The summed E-state index contributed by atoms with van der Waals surface area (Å²) in [6.07, 6.45) is 0.809. The predicted octanol–water partition coefficient (Wildman–Crippen LogP) is 3.50. The molecule has 0 amide bonds. The van der Waals surface area contributed by atoms with E-state index in [-0.39, 0.29) is 11.4 Å². The first-order valence-electron chi connectivity index (χ1n) is 8.56. The largest absolute Gasteiger partial charge is 0.240 e. The maximum absolute atomic E-state index is 12.6. The molecule has 4 aromatic rings. The van der Waals surface area contributed by atoms with Crippen LogP contribution in [0.25, 0.3) is 16.2 Å². The summed E-state index contributed by atoms with van der Waals surface area (Å²) in [5, 5.41) is 5.55. The number of nitrogens with one attached hydrogen (secondary N) is 1. The van der Waals surface area contributed by atoms with E-state index in [4.69, 9.17) is 4.98 Å². The highest BCUT2D eigenvalue weighted by molar-refractivity contribution is 7.89. The second kappa shape index (κ2) is 7.22. The van der Waals surface area contributed by atoms with E-state index < -0.39 is 10.0 Å². The summed E-state index contributed by atoms with van der Waals surface area (Å²) in [6, 6.07) is 18.1. The molecule has 0 bridgehead atoms. The molecule has 4 rings (SSSR count). The lowest BCUT2D eigenvalue weighted by atomic mass is 10.1. The van der Waals surface area contributed by atoms with Gasteiger partial charge in [-0.2, -0.15) is 5.10 Å². The number of fused-ring (bicyclic) bond motifs is 1. The third-order valence-electron chi connectivity index (χ3n) is 4.17. The van der Waals surface area contributed by atoms with Crippen molar-refractivity contribution in [3.63, 3.8) is 0 Å². The van der Waals surface area contributed by atoms with Crippen LogP contribution < -0.4 is 4.72 Å². The van der Waals surface area contributed by atoms with Gasteiger partial charge in [0.15, 0.2) is 0 Å². The summed E-state index contributed by atoms with van der Waals surface area (Å²) >= 11 is 1.52. The molecule has 6 nitrogen and oxygen atoms in total. The first-order chi connectivity index (χ1) is 13.1. The zero-order valence-corrected chi connectivity index (χ0v) is 16.3. The Morgan fingerprint density at radius 3 is 2.37 bits per heavy atom. The van der Waals surface area contributed by atoms with E-state index in [0.717, 1.165) is 33.3 Å². The van der Waals surface area contributed by atoms with Gasteiger partial charge in [-0.25, -0.2) is 22.6 Å². The van der Waals surface area contributed by atoms with E-state index in [1.165, 1.54) is 11.3 Å². The van der Waals surface area contributed by atoms with Gasteiger partial charge >= 0.3 is 0 Å². The number of aryl methyl sites for hydroxylation is 1. The highest BCUT2D eigenvalue weighted by Crippen LogP contribution is 2.27. The van der Waals surface area contributed by atoms with Crippen LogP contribution in [-0.4, -0.2) is 23.0 Å². The quantitative estimate of drug-likeness (QED) is 0.539. The molecule has 0 spiro atoms. The van der Waals surface area contributed by atoms with E-state index in [0.29, 0.717) is 0 Å². The van der Waals surface area contributed by atoms with Gasteiger partial charge in [0.05, 0.1) is 22.8 Å². The van der Waals surface area contributed by atoms with Crippen LogP contribution in [-0.2, 0) is 23.0 Å². The van der Waals surface area contributed by atoms with Crippen molar-refractivity contribution in [2.75, 3.05) is 0 Å². The molecule has 0 saturated heterocycles. The molecule has 0 fully saturated rings. The average Bonchev–Trinajstić information content (AvgIpc) is 3.25. The second-order valence-corrected chi connectivity index (χ2v) is 8.76. The fraction of sp³-hybridized carbons (Fsp3) is 0.158. The number of nitrogens with zero attached hydrogens (tertiary/aromatic N) is 3. The summed E-state index contributed by atoms with van der Waals surface area (Å²) in [5.74, 6) is 0. The van der Waals surface area contributed by atoms with Gasteiger partial charge in [0, 0.05) is 5.56 Å². The molecule has 2 aromatic carbocycles. The van der Waals surface area contributed by atoms with Gasteiger partial charge in [0.1, 0.15) is 5.01 Å². The summed E-state index contributed by atoms with van der Waals surface area (Å²) in [6.45, 7) is 2.14. The molecular weight excluding hydrogens is 380 g/mol. The highest BCUT2D eigenvalue weighted by Gasteiger charge is 2.20. The second-order valence-electron chi connectivity index (χ2n) is 5.95. The molecule has 8 heteroatoms. The zero-order chi connectivity index (χ0) is 18.9. The molecule has 1 N–H and O–H groups in total. The zero-order valence-electron chi connectivity index (χ0n) is 14.7. The minimum atomic E-state index is -3.62. The maximum atomic E-state index is 12.6. The summed E-state index contributed by atoms with van der Waals surface area (Å²) < 4.78 is 29.7. The number of imidazole rings is 1. The van der Waals surface area contributed by atoms with Crippen molar-refractivity contribution in [2.45, 2.75) is 24.8 Å². The van der Waals surface area contributed by atoms with Crippen LogP contribution in [0, 0.1) is 0 Å². The summed E-state index contributed by atoms with van der Waals surface area (Å²) in [4.78, 5) is 5.71. The van der Waals surface area contributed by atoms with Gasteiger partial charge in [-0.3, -0.25) is 0 Å². The lowest BCUT2D eigenvalue weighted by molar-refractivity contribution is 0.579. The molecule has 0 unspecified atom stereocenters. The van der Waals surface area contributed by atoms with Crippen molar-refractivity contribution in [1.82, 2.24) is 19.3 Å². The molecule has 2 aromatic heterocycles. The maximum Gasteiger partial charge on any atom is 0.240 e. The number of benzene rings is 2. The fourth-order valence-corrected chi connectivity index (χ4v) is 4.67. The Morgan fingerprint density at radius 2 is 1.70 bits per heavy atom. The third kappa shape index (κ3) is 3.51. The molecule has 0 aliphatic heterocycles. The summed E-state index contributed by atoms with van der Waals surface area (Å²) in [5.41, 5.74) is 2.40. The minimum Gasteiger partial charge on any atom is -0.217 e. The number of sulfonamides is 1. The number of hydrogen-bond donors (Lipinski definition) is 1. The van der Waals surface area contributed by atoms with Crippen LogP contribution in [0.3, 0.4) is 0 Å². The Hall–Kier alpha value is -2.55. The Kier molecular flexibility index (Phi) is 4.77. The van der Waals surface area contributed by atoms with Gasteiger partial charge in [0.2, 0.25) is 15.0 Å². The summed E-state index contributed by atoms with van der Waals surface area (Å²) in [7, 11) is -3.62. The molecule has 2 heterocycles. The van der Waals surface area contributed by atoms with E-state index >= 15 is 0 Å². The molecule has 138 valence electrons. The Morgan fingerprint density at radius 1 is 1.04 bits per heavy atom. The Balaban J connectivity index is 1.74. The smallest absolute Gasteiger partial charge is 0.217 e. The van der Waals surface area contributed by atoms with Crippen LogP contribution >= 0.6 is 11.3 Å². The van der Waals surface area contributed by atoms with Crippen LogP contribution in [0.5, 0.6) is 0 Å². The molecular formula is C19H18N4O2S2. The van der Waals surface area contributed by atoms with Crippen molar-refractivity contribution >= 4 is 26.3 Å². The van der Waals surface area contributed by atoms with Gasteiger partial charge in [-0.1, -0.05) is 66.8 Å². The van der Waals surface area contributed by atoms with Crippen LogP contribution in [0.15, 0.2) is 65.6 Å². The van der Waals surface area contributed by atoms with Crippen molar-refractivity contribution in [1.29, 1.82) is 0 Å². The number of rotatable bonds is 6. The predicted molar refractivity (Wildman–Crippen MR) is 106 cm³/mol. The third-order valence-corrected chi connectivity index (χ3v) is 6.64. The lowest BCUT2D eigenvalue weighted by Crippen LogP contribution is -2.24. The number of hydrogen-bond acceptors (Lipinski definition) is 5. The molecule has 27 heavy (non-hydrogen) atoms. The molecule has 0 aliphatic carbocycles. The van der Waals surface area contributed by atoms with Gasteiger partial charge in [-0.05, 0) is 18.6 Å². The van der Waals surface area contributed by atoms with Crippen molar-refractivity contribution in [3.8, 4) is 11.3 Å². The normalized spacial score (nSPS) is 11.9. The standard InChI is InChI=1S/C19H18N4O2S2/c1-2-17-22-23-16(13-20-27(24,25)15-11-7-4-8-12-15)18(21-19(23)26-17)14-9-5-3-6-10-14/h3-12,20H,2,13H2,1H3. The average molecular weight is 399 g/mol. The fourth-order valence-electron chi connectivity index (χ4n) is 2.80. The lowest BCUT2D eigenvalue weighted by Gasteiger charge is -2.08. The van der Waals surface area contributed by atoms with Crippen molar-refractivity contribution < 1.29 is 8.42 Å². The monoisotopic (exact) mass is 398 g/mol. The SMILES string of the molecule is CCc1nn2c(CNS(=O)(=O)c3ccccc3)c(-c3ccccc3)nc2s1. The Bertz CT molecular complexity index is 1170. The van der Waals surface area contributed by atoms with Gasteiger partial charge in [0.25, 0.3) is 0 Å². The molecule has 0 atom stereocenters. The molecule has 0 saturated carbocycles. The number of aromatic nitrogens is 3. The van der Waals surface area contributed by atoms with E-state index in [1.807, 2.05) is 37.3 Å². The van der Waals surface area contributed by atoms with E-state index in [1.54, 1.807) is 34.8 Å². The van der Waals surface area contributed by atoms with Crippen molar-refractivity contribution in [3.05, 3.63) is 71.4 Å². The highest BCUT2D eigenvalue weighted by atomic mass is 32.2.